The van der Waals surface area contributed by atoms with Crippen molar-refractivity contribution in [3.05, 3.63) is 42.2 Å². The Kier molecular flexibility index (Phi) is 3.85. The normalized spacial score (nSPS) is 10.7. The fourth-order valence-corrected chi connectivity index (χ4v) is 1.76. The van der Waals surface area contributed by atoms with Crippen LogP contribution in [0.3, 0.4) is 0 Å². The third-order valence-electron chi connectivity index (χ3n) is 2.82. The van der Waals surface area contributed by atoms with Crippen molar-refractivity contribution in [2.24, 2.45) is 0 Å². The van der Waals surface area contributed by atoms with E-state index in [0.29, 0.717) is 11.4 Å². The third-order valence-corrected chi connectivity index (χ3v) is 2.82. The summed E-state index contributed by atoms with van der Waals surface area (Å²) in [7, 11) is 0. The van der Waals surface area contributed by atoms with Crippen molar-refractivity contribution in [3.63, 3.8) is 0 Å². The van der Waals surface area contributed by atoms with Crippen molar-refractivity contribution < 1.29 is 4.79 Å². The van der Waals surface area contributed by atoms with Crippen LogP contribution in [0.25, 0.3) is 0 Å². The molecular weight excluding hydrogens is 240 g/mol. The number of anilines is 2. The molecule has 2 rings (SSSR count). The van der Waals surface area contributed by atoms with Crippen LogP contribution in [0.1, 0.15) is 25.5 Å². The quantitative estimate of drug-likeness (QED) is 0.826. The summed E-state index contributed by atoms with van der Waals surface area (Å²) in [6.07, 6.45) is 3.72. The van der Waals surface area contributed by atoms with Gasteiger partial charge in [-0.25, -0.2) is 0 Å². The zero-order valence-electron chi connectivity index (χ0n) is 11.1. The third kappa shape index (κ3) is 3.34. The molecule has 1 heterocycles. The van der Waals surface area contributed by atoms with Crippen LogP contribution in [0.4, 0.5) is 11.4 Å². The number of carbonyl (C=O) groups excluding carboxylic acids is 1. The Morgan fingerprint density at radius 3 is 2.79 bits per heavy atom. The summed E-state index contributed by atoms with van der Waals surface area (Å²) in [4.78, 5) is 11.9. The van der Waals surface area contributed by atoms with Crippen molar-refractivity contribution >= 4 is 17.3 Å². The number of hydrogen-bond acceptors (Lipinski definition) is 3. The molecule has 0 atom stereocenters. The number of rotatable bonds is 4. The van der Waals surface area contributed by atoms with Gasteiger partial charge in [-0.3, -0.25) is 9.48 Å². The largest absolute Gasteiger partial charge is 0.398 e. The number of amides is 1. The van der Waals surface area contributed by atoms with E-state index in [1.165, 1.54) is 0 Å². The molecule has 1 aromatic carbocycles. The Bertz CT molecular complexity index is 574. The maximum atomic E-state index is 11.9. The topological polar surface area (TPSA) is 72.9 Å². The summed E-state index contributed by atoms with van der Waals surface area (Å²) in [5.41, 5.74) is 7.98. The van der Waals surface area contributed by atoms with E-state index in [1.807, 2.05) is 38.2 Å². The lowest BCUT2D eigenvalue weighted by Crippen LogP contribution is -2.15. The van der Waals surface area contributed by atoms with Crippen LogP contribution in [-0.4, -0.2) is 15.7 Å². The van der Waals surface area contributed by atoms with Crippen molar-refractivity contribution in [3.8, 4) is 0 Å². The highest BCUT2D eigenvalue weighted by Crippen LogP contribution is 2.13. The highest BCUT2D eigenvalue weighted by atomic mass is 16.1. The maximum Gasteiger partial charge on any atom is 0.228 e. The Labute approximate surface area is 112 Å². The molecule has 0 saturated carbocycles. The van der Waals surface area contributed by atoms with Gasteiger partial charge in [0.1, 0.15) is 0 Å². The van der Waals surface area contributed by atoms with E-state index in [4.69, 9.17) is 5.73 Å². The zero-order valence-corrected chi connectivity index (χ0v) is 11.1. The van der Waals surface area contributed by atoms with Crippen LogP contribution in [-0.2, 0) is 11.2 Å². The maximum absolute atomic E-state index is 11.9. The average Bonchev–Trinajstić information content (AvgIpc) is 2.80. The van der Waals surface area contributed by atoms with Crippen LogP contribution in [0.5, 0.6) is 0 Å². The molecule has 0 fully saturated rings. The summed E-state index contributed by atoms with van der Waals surface area (Å²) in [6, 6.07) is 7.64. The molecule has 5 heteroatoms. The smallest absolute Gasteiger partial charge is 0.228 e. The summed E-state index contributed by atoms with van der Waals surface area (Å²) in [6.45, 7) is 4.06. The van der Waals surface area contributed by atoms with Gasteiger partial charge in [-0.1, -0.05) is 18.2 Å². The van der Waals surface area contributed by atoms with Gasteiger partial charge in [-0.05, 0) is 25.5 Å². The van der Waals surface area contributed by atoms with E-state index in [-0.39, 0.29) is 18.4 Å². The predicted octanol–water partition coefficient (Wildman–Crippen LogP) is 2.23. The van der Waals surface area contributed by atoms with Gasteiger partial charge in [-0.15, -0.1) is 0 Å². The van der Waals surface area contributed by atoms with Gasteiger partial charge in [0.25, 0.3) is 0 Å². The molecule has 0 saturated heterocycles. The van der Waals surface area contributed by atoms with Crippen molar-refractivity contribution in [2.45, 2.75) is 26.3 Å². The fraction of sp³-hybridized carbons (Fsp3) is 0.286. The Morgan fingerprint density at radius 2 is 2.16 bits per heavy atom. The van der Waals surface area contributed by atoms with Gasteiger partial charge >= 0.3 is 0 Å². The minimum atomic E-state index is -0.0961. The molecule has 100 valence electrons. The zero-order chi connectivity index (χ0) is 13.8. The van der Waals surface area contributed by atoms with Gasteiger partial charge in [0.15, 0.2) is 0 Å². The van der Waals surface area contributed by atoms with E-state index in [0.717, 1.165) is 5.56 Å². The molecule has 19 heavy (non-hydrogen) atoms. The van der Waals surface area contributed by atoms with Gasteiger partial charge in [0.2, 0.25) is 5.91 Å². The number of hydrogen-bond donors (Lipinski definition) is 2. The first kappa shape index (κ1) is 13.1. The first-order chi connectivity index (χ1) is 9.06. The number of nitrogens with one attached hydrogen (secondary N) is 1. The van der Waals surface area contributed by atoms with Crippen molar-refractivity contribution in [2.75, 3.05) is 11.1 Å². The molecule has 1 aromatic heterocycles. The molecule has 1 amide bonds. The summed E-state index contributed by atoms with van der Waals surface area (Å²) in [5, 5.41) is 6.99. The van der Waals surface area contributed by atoms with E-state index < -0.39 is 0 Å². The first-order valence-corrected chi connectivity index (χ1v) is 6.23. The predicted molar refractivity (Wildman–Crippen MR) is 75.8 cm³/mol. The molecule has 0 bridgehead atoms. The highest BCUT2D eigenvalue weighted by molar-refractivity contribution is 5.92. The van der Waals surface area contributed by atoms with Crippen LogP contribution >= 0.6 is 0 Å². The molecule has 0 unspecified atom stereocenters. The molecule has 5 nitrogen and oxygen atoms in total. The molecule has 0 aliphatic heterocycles. The molecule has 0 aliphatic carbocycles. The molecule has 3 N–H and O–H groups in total. The van der Waals surface area contributed by atoms with E-state index in [9.17, 15) is 4.79 Å². The SMILES string of the molecule is CC(C)n1cc(NC(=O)Cc2ccccc2N)cn1. The van der Waals surface area contributed by atoms with Crippen molar-refractivity contribution in [1.29, 1.82) is 0 Å². The molecule has 0 spiro atoms. The highest BCUT2D eigenvalue weighted by Gasteiger charge is 2.08. The van der Waals surface area contributed by atoms with Gasteiger partial charge < -0.3 is 11.1 Å². The summed E-state index contributed by atoms with van der Waals surface area (Å²) >= 11 is 0. The minimum Gasteiger partial charge on any atom is -0.398 e. The van der Waals surface area contributed by atoms with E-state index in [2.05, 4.69) is 10.4 Å². The molecule has 0 radical (unpaired) electrons. The number of nitrogen functional groups attached to an aromatic ring is 1. The standard InChI is InChI=1S/C14H18N4O/c1-10(2)18-9-12(8-16-18)17-14(19)7-11-5-3-4-6-13(11)15/h3-6,8-10H,7,15H2,1-2H3,(H,17,19). The summed E-state index contributed by atoms with van der Waals surface area (Å²) in [5.74, 6) is -0.0961. The van der Waals surface area contributed by atoms with Crippen LogP contribution < -0.4 is 11.1 Å². The second-order valence-corrected chi connectivity index (χ2v) is 4.73. The second-order valence-electron chi connectivity index (χ2n) is 4.73. The van der Waals surface area contributed by atoms with E-state index in [1.54, 1.807) is 16.9 Å². The van der Waals surface area contributed by atoms with Crippen LogP contribution in [0.2, 0.25) is 0 Å². The monoisotopic (exact) mass is 258 g/mol. The molecular formula is C14H18N4O. The summed E-state index contributed by atoms with van der Waals surface area (Å²) < 4.78 is 1.80. The minimum absolute atomic E-state index is 0.0961. The Balaban J connectivity index is 1.99. The Morgan fingerprint density at radius 1 is 1.42 bits per heavy atom. The van der Waals surface area contributed by atoms with E-state index >= 15 is 0 Å². The average molecular weight is 258 g/mol. The van der Waals surface area contributed by atoms with Crippen LogP contribution in [0, 0.1) is 0 Å². The number of nitrogens with zero attached hydrogens (tertiary/aromatic N) is 2. The number of benzene rings is 1. The number of carbonyl (C=O) groups is 1. The lowest BCUT2D eigenvalue weighted by molar-refractivity contribution is -0.115. The van der Waals surface area contributed by atoms with Gasteiger partial charge in [0.05, 0.1) is 18.3 Å². The number of nitrogens with two attached hydrogens (primary N) is 1. The lowest BCUT2D eigenvalue weighted by atomic mass is 10.1. The lowest BCUT2D eigenvalue weighted by Gasteiger charge is -2.06. The molecule has 0 aliphatic rings. The molecule has 2 aromatic rings. The first-order valence-electron chi connectivity index (χ1n) is 6.23. The Hall–Kier alpha value is -2.30. The van der Waals surface area contributed by atoms with Crippen molar-refractivity contribution in [1.82, 2.24) is 9.78 Å². The fourth-order valence-electron chi connectivity index (χ4n) is 1.76. The number of aromatic nitrogens is 2. The van der Waals surface area contributed by atoms with Gasteiger partial charge in [0, 0.05) is 17.9 Å². The number of para-hydroxylation sites is 1. The van der Waals surface area contributed by atoms with Crippen LogP contribution in [0.15, 0.2) is 36.7 Å². The second kappa shape index (κ2) is 5.56. The van der Waals surface area contributed by atoms with Gasteiger partial charge in [-0.2, -0.15) is 5.10 Å².